The lowest BCUT2D eigenvalue weighted by molar-refractivity contribution is 0.0719. The Labute approximate surface area is 98.3 Å². The summed E-state index contributed by atoms with van der Waals surface area (Å²) in [5.74, 6) is 0.0263. The van der Waals surface area contributed by atoms with Gasteiger partial charge in [-0.15, -0.1) is 11.3 Å². The van der Waals surface area contributed by atoms with E-state index in [2.05, 4.69) is 0 Å². The summed E-state index contributed by atoms with van der Waals surface area (Å²) in [4.78, 5) is 15.1. The number of nitriles is 1. The summed E-state index contributed by atoms with van der Waals surface area (Å²) < 4.78 is 0. The van der Waals surface area contributed by atoms with Gasteiger partial charge in [0.15, 0.2) is 0 Å². The number of likely N-dealkylation sites (tertiary alicyclic amines) is 1. The minimum absolute atomic E-state index is 0.0263. The predicted octanol–water partition coefficient (Wildman–Crippen LogP) is 1.18. The fourth-order valence-corrected chi connectivity index (χ4v) is 2.54. The quantitative estimate of drug-likeness (QED) is 0.794. The molecule has 5 heteroatoms. The molecule has 0 spiro atoms. The van der Waals surface area contributed by atoms with E-state index in [0.717, 1.165) is 25.9 Å². The van der Waals surface area contributed by atoms with Gasteiger partial charge in [-0.2, -0.15) is 5.26 Å². The van der Waals surface area contributed by atoms with Gasteiger partial charge in [0.1, 0.15) is 10.9 Å². The van der Waals surface area contributed by atoms with Crippen LogP contribution in [0.5, 0.6) is 0 Å². The number of piperidine rings is 1. The second-order valence-corrected chi connectivity index (χ2v) is 4.99. The van der Waals surface area contributed by atoms with Crippen LogP contribution in [-0.2, 0) is 0 Å². The van der Waals surface area contributed by atoms with E-state index in [-0.39, 0.29) is 11.9 Å². The molecule has 2 rings (SSSR count). The SMILES string of the molecule is N#Cc1ccc(C(=O)N2CCC(N)CC2)s1. The minimum atomic E-state index is 0.0263. The third kappa shape index (κ3) is 2.23. The summed E-state index contributed by atoms with van der Waals surface area (Å²) in [6.45, 7) is 1.44. The first-order chi connectivity index (χ1) is 7.70. The molecule has 1 saturated heterocycles. The van der Waals surface area contributed by atoms with Crippen molar-refractivity contribution in [1.29, 1.82) is 5.26 Å². The monoisotopic (exact) mass is 235 g/mol. The van der Waals surface area contributed by atoms with Crippen molar-refractivity contribution in [2.75, 3.05) is 13.1 Å². The number of nitrogens with two attached hydrogens (primary N) is 1. The number of carbonyl (C=O) groups excluding carboxylic acids is 1. The van der Waals surface area contributed by atoms with E-state index < -0.39 is 0 Å². The van der Waals surface area contributed by atoms with Crippen LogP contribution in [0.1, 0.15) is 27.4 Å². The zero-order valence-corrected chi connectivity index (χ0v) is 9.67. The van der Waals surface area contributed by atoms with Crippen molar-refractivity contribution in [3.63, 3.8) is 0 Å². The molecule has 2 heterocycles. The molecule has 1 aliphatic rings. The Morgan fingerprint density at radius 2 is 2.19 bits per heavy atom. The molecule has 0 aromatic carbocycles. The first kappa shape index (κ1) is 11.1. The summed E-state index contributed by atoms with van der Waals surface area (Å²) in [7, 11) is 0. The van der Waals surface area contributed by atoms with Gasteiger partial charge < -0.3 is 10.6 Å². The van der Waals surface area contributed by atoms with E-state index in [1.807, 2.05) is 11.0 Å². The lowest BCUT2D eigenvalue weighted by Gasteiger charge is -2.29. The largest absolute Gasteiger partial charge is 0.338 e. The van der Waals surface area contributed by atoms with Gasteiger partial charge in [-0.05, 0) is 25.0 Å². The first-order valence-corrected chi connectivity index (χ1v) is 6.07. The minimum Gasteiger partial charge on any atom is -0.338 e. The standard InChI is InChI=1S/C11H13N3OS/c12-7-9-1-2-10(16-9)11(15)14-5-3-8(13)4-6-14/h1-2,8H,3-6,13H2. The maximum absolute atomic E-state index is 12.0. The molecule has 0 bridgehead atoms. The summed E-state index contributed by atoms with van der Waals surface area (Å²) in [6.07, 6.45) is 1.73. The summed E-state index contributed by atoms with van der Waals surface area (Å²) >= 11 is 1.25. The van der Waals surface area contributed by atoms with E-state index in [1.54, 1.807) is 12.1 Å². The second kappa shape index (κ2) is 4.64. The number of hydrogen-bond acceptors (Lipinski definition) is 4. The average Bonchev–Trinajstić information content (AvgIpc) is 2.77. The van der Waals surface area contributed by atoms with Crippen LogP contribution in [0.3, 0.4) is 0 Å². The van der Waals surface area contributed by atoms with Gasteiger partial charge in [0.2, 0.25) is 0 Å². The van der Waals surface area contributed by atoms with E-state index in [0.29, 0.717) is 9.75 Å². The van der Waals surface area contributed by atoms with E-state index in [9.17, 15) is 4.79 Å². The molecule has 1 aromatic heterocycles. The van der Waals surface area contributed by atoms with Crippen LogP contribution in [0.2, 0.25) is 0 Å². The van der Waals surface area contributed by atoms with Crippen LogP contribution >= 0.6 is 11.3 Å². The third-order valence-corrected chi connectivity index (χ3v) is 3.73. The third-order valence-electron chi connectivity index (χ3n) is 2.75. The van der Waals surface area contributed by atoms with Crippen LogP contribution in [-0.4, -0.2) is 29.9 Å². The lowest BCUT2D eigenvalue weighted by Crippen LogP contribution is -2.42. The molecule has 0 atom stereocenters. The molecule has 0 unspecified atom stereocenters. The van der Waals surface area contributed by atoms with Crippen LogP contribution < -0.4 is 5.73 Å². The molecular weight excluding hydrogens is 222 g/mol. The Morgan fingerprint density at radius 3 is 2.75 bits per heavy atom. The van der Waals surface area contributed by atoms with Crippen LogP contribution in [0.25, 0.3) is 0 Å². The van der Waals surface area contributed by atoms with Crippen molar-refractivity contribution in [1.82, 2.24) is 4.90 Å². The van der Waals surface area contributed by atoms with Gasteiger partial charge in [-0.3, -0.25) is 4.79 Å². The van der Waals surface area contributed by atoms with Crippen molar-refractivity contribution in [2.24, 2.45) is 5.73 Å². The zero-order valence-electron chi connectivity index (χ0n) is 8.85. The topological polar surface area (TPSA) is 70.1 Å². The Morgan fingerprint density at radius 1 is 1.50 bits per heavy atom. The molecule has 4 nitrogen and oxygen atoms in total. The Bertz CT molecular complexity index is 427. The maximum atomic E-state index is 12.0. The molecule has 1 aromatic rings. The first-order valence-electron chi connectivity index (χ1n) is 5.25. The smallest absolute Gasteiger partial charge is 0.263 e. The van der Waals surface area contributed by atoms with Gasteiger partial charge in [0.05, 0.1) is 4.88 Å². The predicted molar refractivity (Wildman–Crippen MR) is 62.1 cm³/mol. The highest BCUT2D eigenvalue weighted by atomic mass is 32.1. The molecule has 0 aliphatic carbocycles. The molecule has 16 heavy (non-hydrogen) atoms. The highest BCUT2D eigenvalue weighted by Gasteiger charge is 2.22. The fourth-order valence-electron chi connectivity index (χ4n) is 1.77. The van der Waals surface area contributed by atoms with Crippen molar-refractivity contribution < 1.29 is 4.79 Å². The van der Waals surface area contributed by atoms with Gasteiger partial charge in [-0.1, -0.05) is 0 Å². The number of rotatable bonds is 1. The van der Waals surface area contributed by atoms with E-state index >= 15 is 0 Å². The van der Waals surface area contributed by atoms with E-state index in [1.165, 1.54) is 11.3 Å². The fraction of sp³-hybridized carbons (Fsp3) is 0.455. The van der Waals surface area contributed by atoms with E-state index in [4.69, 9.17) is 11.0 Å². The van der Waals surface area contributed by atoms with Crippen LogP contribution in [0, 0.1) is 11.3 Å². The zero-order chi connectivity index (χ0) is 11.5. The van der Waals surface area contributed by atoms with Gasteiger partial charge in [0, 0.05) is 19.1 Å². The van der Waals surface area contributed by atoms with Crippen LogP contribution in [0.15, 0.2) is 12.1 Å². The molecule has 0 saturated carbocycles. The number of amides is 1. The van der Waals surface area contributed by atoms with Crippen molar-refractivity contribution in [3.05, 3.63) is 21.9 Å². The van der Waals surface area contributed by atoms with Crippen molar-refractivity contribution >= 4 is 17.2 Å². The van der Waals surface area contributed by atoms with Crippen LogP contribution in [0.4, 0.5) is 0 Å². The van der Waals surface area contributed by atoms with Gasteiger partial charge in [0.25, 0.3) is 5.91 Å². The Kier molecular flexibility index (Phi) is 3.22. The molecule has 1 aliphatic heterocycles. The Hall–Kier alpha value is -1.38. The summed E-state index contributed by atoms with van der Waals surface area (Å²) in [5.41, 5.74) is 5.78. The summed E-state index contributed by atoms with van der Waals surface area (Å²) in [6, 6.07) is 5.67. The number of hydrogen-bond donors (Lipinski definition) is 1. The van der Waals surface area contributed by atoms with Gasteiger partial charge >= 0.3 is 0 Å². The molecular formula is C11H13N3OS. The normalized spacial score (nSPS) is 17.1. The second-order valence-electron chi connectivity index (χ2n) is 3.91. The average molecular weight is 235 g/mol. The number of carbonyl (C=O) groups is 1. The number of nitrogens with zero attached hydrogens (tertiary/aromatic N) is 2. The van der Waals surface area contributed by atoms with Gasteiger partial charge in [-0.25, -0.2) is 0 Å². The van der Waals surface area contributed by atoms with Crippen molar-refractivity contribution in [2.45, 2.75) is 18.9 Å². The summed E-state index contributed by atoms with van der Waals surface area (Å²) in [5, 5.41) is 8.70. The highest BCUT2D eigenvalue weighted by molar-refractivity contribution is 7.14. The highest BCUT2D eigenvalue weighted by Crippen LogP contribution is 2.19. The lowest BCUT2D eigenvalue weighted by atomic mass is 10.1. The molecule has 0 radical (unpaired) electrons. The molecule has 84 valence electrons. The Balaban J connectivity index is 2.05. The molecule has 1 amide bonds. The molecule has 2 N–H and O–H groups in total. The van der Waals surface area contributed by atoms with Crippen molar-refractivity contribution in [3.8, 4) is 6.07 Å². The number of thiophene rings is 1. The maximum Gasteiger partial charge on any atom is 0.263 e. The molecule has 1 fully saturated rings.